The Morgan fingerprint density at radius 2 is 1.72 bits per heavy atom. The minimum absolute atomic E-state index is 0.0735. The van der Waals surface area contributed by atoms with E-state index in [0.717, 1.165) is 16.8 Å². The molecule has 5 nitrogen and oxygen atoms in total. The lowest BCUT2D eigenvalue weighted by molar-refractivity contribution is -0.115. The molecule has 6 heteroatoms. The van der Waals surface area contributed by atoms with Crippen molar-refractivity contribution >= 4 is 35.0 Å². The maximum absolute atomic E-state index is 13.0. The third-order valence-electron chi connectivity index (χ3n) is 5.51. The molecule has 1 N–H and O–H groups in total. The number of carbonyl (C=O) groups excluding carboxylic acids is 2. The van der Waals surface area contributed by atoms with Gasteiger partial charge in [-0.05, 0) is 47.9 Å². The van der Waals surface area contributed by atoms with Crippen LogP contribution in [0.25, 0.3) is 0 Å². The predicted octanol–water partition coefficient (Wildman–Crippen LogP) is 5.85. The van der Waals surface area contributed by atoms with Gasteiger partial charge in [-0.2, -0.15) is 0 Å². The van der Waals surface area contributed by atoms with Crippen LogP contribution in [0.1, 0.15) is 46.6 Å². The fourth-order valence-corrected chi connectivity index (χ4v) is 5.08. The quantitative estimate of drug-likeness (QED) is 0.516. The summed E-state index contributed by atoms with van der Waals surface area (Å²) in [5.41, 5.74) is 4.21. The molecular formula is C26H26N2O3S. The zero-order chi connectivity index (χ0) is 22.7. The molecule has 1 aliphatic heterocycles. The van der Waals surface area contributed by atoms with Gasteiger partial charge in [-0.1, -0.05) is 50.2 Å². The van der Waals surface area contributed by atoms with Gasteiger partial charge in [0, 0.05) is 22.5 Å². The van der Waals surface area contributed by atoms with Crippen LogP contribution in [0.2, 0.25) is 0 Å². The summed E-state index contributed by atoms with van der Waals surface area (Å²) in [5, 5.41) is 2.82. The summed E-state index contributed by atoms with van der Waals surface area (Å²) in [4.78, 5) is 27.7. The summed E-state index contributed by atoms with van der Waals surface area (Å²) >= 11 is 1.58. The average molecular weight is 447 g/mol. The van der Waals surface area contributed by atoms with Gasteiger partial charge in [-0.25, -0.2) is 0 Å². The molecule has 2 amide bonds. The average Bonchev–Trinajstić information content (AvgIpc) is 3.20. The maximum Gasteiger partial charge on any atom is 0.255 e. The Hall–Kier alpha value is -3.25. The van der Waals surface area contributed by atoms with E-state index in [9.17, 15) is 9.59 Å². The minimum Gasteiger partial charge on any atom is -0.497 e. The van der Waals surface area contributed by atoms with Crippen molar-refractivity contribution in [2.75, 3.05) is 23.1 Å². The molecule has 4 rings (SSSR count). The Bertz CT molecular complexity index is 1130. The molecular weight excluding hydrogens is 420 g/mol. The lowest BCUT2D eigenvalue weighted by Gasteiger charge is -2.29. The van der Waals surface area contributed by atoms with Crippen LogP contribution < -0.4 is 15.0 Å². The van der Waals surface area contributed by atoms with E-state index in [-0.39, 0.29) is 23.1 Å². The molecule has 0 aromatic heterocycles. The van der Waals surface area contributed by atoms with Gasteiger partial charge >= 0.3 is 0 Å². The highest BCUT2D eigenvalue weighted by Gasteiger charge is 2.36. The summed E-state index contributed by atoms with van der Waals surface area (Å²) in [7, 11) is 1.59. The van der Waals surface area contributed by atoms with Gasteiger partial charge in [0.25, 0.3) is 5.91 Å². The predicted molar refractivity (Wildman–Crippen MR) is 131 cm³/mol. The van der Waals surface area contributed by atoms with Crippen molar-refractivity contribution in [2.24, 2.45) is 0 Å². The first-order chi connectivity index (χ1) is 15.5. The number of nitrogens with one attached hydrogen (secondary N) is 1. The highest BCUT2D eigenvalue weighted by atomic mass is 32.2. The minimum atomic E-state index is -0.213. The van der Waals surface area contributed by atoms with Gasteiger partial charge in [0.05, 0.1) is 12.9 Å². The van der Waals surface area contributed by atoms with Gasteiger partial charge in [-0.15, -0.1) is 11.8 Å². The molecule has 32 heavy (non-hydrogen) atoms. The van der Waals surface area contributed by atoms with E-state index in [2.05, 4.69) is 25.2 Å². The van der Waals surface area contributed by atoms with E-state index in [1.54, 1.807) is 43.1 Å². The van der Waals surface area contributed by atoms with Gasteiger partial charge in [0.1, 0.15) is 11.1 Å². The topological polar surface area (TPSA) is 58.6 Å². The second-order valence-corrected chi connectivity index (χ2v) is 8.98. The summed E-state index contributed by atoms with van der Waals surface area (Å²) in [6.45, 7) is 4.26. The fourth-order valence-electron chi connectivity index (χ4n) is 3.87. The largest absolute Gasteiger partial charge is 0.497 e. The van der Waals surface area contributed by atoms with Crippen LogP contribution in [0.5, 0.6) is 5.75 Å². The van der Waals surface area contributed by atoms with Crippen molar-refractivity contribution in [3.8, 4) is 5.75 Å². The smallest absolute Gasteiger partial charge is 0.255 e. The standard InChI is InChI=1S/C26H26N2O3S/c1-17(2)20-8-5-7-11-23(20)28-24(29)16-32-26(28)21-9-4-6-10-22(21)27-25(30)18-12-14-19(31-3)15-13-18/h4-15,17,26H,16H2,1-3H3,(H,27,30). The lowest BCUT2D eigenvalue weighted by Crippen LogP contribution is -2.29. The van der Waals surface area contributed by atoms with Crippen molar-refractivity contribution < 1.29 is 14.3 Å². The van der Waals surface area contributed by atoms with E-state index >= 15 is 0 Å². The number of benzene rings is 3. The molecule has 164 valence electrons. The molecule has 0 aliphatic carbocycles. The maximum atomic E-state index is 13.0. The molecule has 1 unspecified atom stereocenters. The molecule has 1 aliphatic rings. The molecule has 0 radical (unpaired) electrons. The first-order valence-corrected chi connectivity index (χ1v) is 11.6. The van der Waals surface area contributed by atoms with Crippen LogP contribution in [0, 0.1) is 0 Å². The van der Waals surface area contributed by atoms with E-state index in [0.29, 0.717) is 22.8 Å². The Labute approximate surface area is 192 Å². The van der Waals surface area contributed by atoms with Gasteiger partial charge < -0.3 is 10.1 Å². The fraction of sp³-hybridized carbons (Fsp3) is 0.231. The van der Waals surface area contributed by atoms with Crippen LogP contribution in [-0.2, 0) is 4.79 Å². The van der Waals surface area contributed by atoms with E-state index in [1.165, 1.54) is 0 Å². The van der Waals surface area contributed by atoms with E-state index in [1.807, 2.05) is 47.4 Å². The molecule has 1 atom stereocenters. The Morgan fingerprint density at radius 3 is 2.44 bits per heavy atom. The van der Waals surface area contributed by atoms with Crippen LogP contribution in [-0.4, -0.2) is 24.7 Å². The molecule has 0 saturated carbocycles. The molecule has 1 fully saturated rings. The summed E-state index contributed by atoms with van der Waals surface area (Å²) in [6.07, 6.45) is 0. The number of para-hydroxylation sites is 2. The number of ether oxygens (including phenoxy) is 1. The highest BCUT2D eigenvalue weighted by Crippen LogP contribution is 2.46. The number of rotatable bonds is 6. The number of hydrogen-bond donors (Lipinski definition) is 1. The molecule has 3 aromatic rings. The second-order valence-electron chi connectivity index (χ2n) is 7.91. The van der Waals surface area contributed by atoms with Gasteiger partial charge in [-0.3, -0.25) is 14.5 Å². The normalized spacial score (nSPS) is 15.8. The highest BCUT2D eigenvalue weighted by molar-refractivity contribution is 8.00. The monoisotopic (exact) mass is 446 g/mol. The molecule has 1 saturated heterocycles. The van der Waals surface area contributed by atoms with Crippen molar-refractivity contribution in [3.63, 3.8) is 0 Å². The van der Waals surface area contributed by atoms with Crippen molar-refractivity contribution in [2.45, 2.75) is 25.1 Å². The zero-order valence-electron chi connectivity index (χ0n) is 18.4. The number of anilines is 2. The number of methoxy groups -OCH3 is 1. The Morgan fingerprint density at radius 1 is 1.03 bits per heavy atom. The van der Waals surface area contributed by atoms with Crippen LogP contribution >= 0.6 is 11.8 Å². The van der Waals surface area contributed by atoms with Gasteiger partial charge in [0.15, 0.2) is 0 Å². The molecule has 0 bridgehead atoms. The van der Waals surface area contributed by atoms with Crippen LogP contribution in [0.4, 0.5) is 11.4 Å². The molecule has 3 aromatic carbocycles. The summed E-state index contributed by atoms with van der Waals surface area (Å²) < 4.78 is 5.17. The molecule has 1 heterocycles. The zero-order valence-corrected chi connectivity index (χ0v) is 19.2. The molecule has 0 spiro atoms. The SMILES string of the molecule is COc1ccc(C(=O)Nc2ccccc2C2SCC(=O)N2c2ccccc2C(C)C)cc1. The summed E-state index contributed by atoms with van der Waals surface area (Å²) in [5.74, 6) is 1.25. The number of carbonyl (C=O) groups is 2. The van der Waals surface area contributed by atoms with Gasteiger partial charge in [0.2, 0.25) is 5.91 Å². The first kappa shape index (κ1) is 22.0. The third kappa shape index (κ3) is 4.36. The number of amides is 2. The first-order valence-electron chi connectivity index (χ1n) is 10.6. The number of thioether (sulfide) groups is 1. The van der Waals surface area contributed by atoms with Crippen molar-refractivity contribution in [1.82, 2.24) is 0 Å². The van der Waals surface area contributed by atoms with E-state index in [4.69, 9.17) is 4.74 Å². The Kier molecular flexibility index (Phi) is 6.51. The second kappa shape index (κ2) is 9.49. The number of hydrogen-bond acceptors (Lipinski definition) is 4. The van der Waals surface area contributed by atoms with Crippen LogP contribution in [0.15, 0.2) is 72.8 Å². The van der Waals surface area contributed by atoms with Crippen molar-refractivity contribution in [1.29, 1.82) is 0 Å². The number of nitrogens with zero attached hydrogens (tertiary/aromatic N) is 1. The van der Waals surface area contributed by atoms with Crippen LogP contribution in [0.3, 0.4) is 0 Å². The lowest BCUT2D eigenvalue weighted by atomic mass is 10.00. The van der Waals surface area contributed by atoms with Crippen molar-refractivity contribution in [3.05, 3.63) is 89.5 Å². The summed E-state index contributed by atoms with van der Waals surface area (Å²) in [6, 6.07) is 22.7. The Balaban J connectivity index is 1.67. The van der Waals surface area contributed by atoms with E-state index < -0.39 is 0 Å². The third-order valence-corrected chi connectivity index (χ3v) is 6.71.